The molecular formula is C22H26ClN5O2. The molecule has 0 saturated carbocycles. The van der Waals surface area contributed by atoms with Crippen LogP contribution in [0.15, 0.2) is 36.4 Å². The monoisotopic (exact) mass is 427 g/mol. The summed E-state index contributed by atoms with van der Waals surface area (Å²) in [5.41, 5.74) is 4.50. The van der Waals surface area contributed by atoms with Crippen molar-refractivity contribution in [3.63, 3.8) is 0 Å². The van der Waals surface area contributed by atoms with E-state index in [1.807, 2.05) is 37.3 Å². The first-order valence-electron chi connectivity index (χ1n) is 10.1. The number of ether oxygens (including phenoxy) is 1. The van der Waals surface area contributed by atoms with Crippen molar-refractivity contribution in [2.75, 3.05) is 44.8 Å². The van der Waals surface area contributed by atoms with Gasteiger partial charge in [-0.25, -0.2) is 4.98 Å². The van der Waals surface area contributed by atoms with E-state index in [9.17, 15) is 4.79 Å². The van der Waals surface area contributed by atoms with Crippen LogP contribution in [-0.2, 0) is 4.74 Å². The number of aromatic amines is 1. The fraction of sp³-hybridized carbons (Fsp3) is 0.364. The Morgan fingerprint density at radius 3 is 2.80 bits per heavy atom. The van der Waals surface area contributed by atoms with E-state index in [0.717, 1.165) is 42.8 Å². The average molecular weight is 428 g/mol. The van der Waals surface area contributed by atoms with Crippen LogP contribution >= 0.6 is 11.6 Å². The van der Waals surface area contributed by atoms with Crippen LogP contribution in [0.25, 0.3) is 11.0 Å². The van der Waals surface area contributed by atoms with Gasteiger partial charge in [0.1, 0.15) is 11.9 Å². The number of rotatable bonds is 6. The molecule has 3 aromatic rings. The van der Waals surface area contributed by atoms with Gasteiger partial charge in [0.2, 0.25) is 0 Å². The summed E-state index contributed by atoms with van der Waals surface area (Å²) < 4.78 is 5.32. The number of benzene rings is 2. The average Bonchev–Trinajstić information content (AvgIpc) is 3.17. The van der Waals surface area contributed by atoms with Crippen LogP contribution < -0.4 is 15.5 Å². The molecule has 1 amide bonds. The van der Waals surface area contributed by atoms with Crippen LogP contribution in [0.5, 0.6) is 0 Å². The molecule has 158 valence electrons. The Morgan fingerprint density at radius 1 is 1.27 bits per heavy atom. The van der Waals surface area contributed by atoms with Gasteiger partial charge in [-0.05, 0) is 48.9 Å². The Labute approximate surface area is 180 Å². The Morgan fingerprint density at radius 2 is 2.07 bits per heavy atom. The molecular weight excluding hydrogens is 402 g/mol. The predicted octanol–water partition coefficient (Wildman–Crippen LogP) is 3.05. The number of imidazole rings is 1. The van der Waals surface area contributed by atoms with Crippen LogP contribution in [0.3, 0.4) is 0 Å². The maximum atomic E-state index is 13.0. The van der Waals surface area contributed by atoms with Gasteiger partial charge in [-0.1, -0.05) is 11.6 Å². The molecule has 1 unspecified atom stereocenters. The highest BCUT2D eigenvalue weighted by Crippen LogP contribution is 2.23. The molecule has 3 N–H and O–H groups in total. The molecule has 0 aliphatic carbocycles. The number of halogens is 1. The minimum absolute atomic E-state index is 0.162. The number of hydrogen-bond acceptors (Lipinski definition) is 5. The second kappa shape index (κ2) is 9.04. The van der Waals surface area contributed by atoms with Gasteiger partial charge in [0, 0.05) is 49.6 Å². The number of fused-ring (bicyclic) bond motifs is 1. The van der Waals surface area contributed by atoms with Gasteiger partial charge in [0.25, 0.3) is 5.91 Å². The highest BCUT2D eigenvalue weighted by molar-refractivity contribution is 6.31. The number of H-pyrrole nitrogens is 1. The number of anilines is 1. The van der Waals surface area contributed by atoms with Crippen molar-refractivity contribution in [3.05, 3.63) is 58.4 Å². The highest BCUT2D eigenvalue weighted by Gasteiger charge is 2.20. The Kier molecular flexibility index (Phi) is 6.22. The standard InChI is InChI=1S/C22H26ClN5O2/c1-14-11-15(3-6-20(14)28-9-7-24-8-10-28)22(29)27-19(13-30-2)21-25-17-5-4-16(23)12-18(17)26-21/h3-6,11-12,19,24H,7-10,13H2,1-2H3,(H,25,26)(H,27,29). The van der Waals surface area contributed by atoms with Gasteiger partial charge in [0.05, 0.1) is 17.6 Å². The molecule has 30 heavy (non-hydrogen) atoms. The molecule has 2 heterocycles. The largest absolute Gasteiger partial charge is 0.382 e. The topological polar surface area (TPSA) is 82.3 Å². The number of nitrogens with one attached hydrogen (secondary N) is 3. The minimum atomic E-state index is -0.401. The number of methoxy groups -OCH3 is 1. The Balaban J connectivity index is 1.53. The predicted molar refractivity (Wildman–Crippen MR) is 119 cm³/mol. The third-order valence-electron chi connectivity index (χ3n) is 5.35. The molecule has 8 heteroatoms. The van der Waals surface area contributed by atoms with E-state index < -0.39 is 6.04 Å². The number of nitrogens with zero attached hydrogens (tertiary/aromatic N) is 2. The molecule has 0 spiro atoms. The minimum Gasteiger partial charge on any atom is -0.382 e. The zero-order valence-electron chi connectivity index (χ0n) is 17.2. The van der Waals surface area contributed by atoms with E-state index in [2.05, 4.69) is 25.5 Å². The number of carbonyl (C=O) groups is 1. The first kappa shape index (κ1) is 20.7. The molecule has 1 fully saturated rings. The normalized spacial score (nSPS) is 15.4. The first-order chi connectivity index (χ1) is 14.5. The number of carbonyl (C=O) groups excluding carboxylic acids is 1. The molecule has 0 bridgehead atoms. The number of aromatic nitrogens is 2. The fourth-order valence-corrected chi connectivity index (χ4v) is 3.99. The van der Waals surface area contributed by atoms with Crippen molar-refractivity contribution in [2.45, 2.75) is 13.0 Å². The lowest BCUT2D eigenvalue weighted by atomic mass is 10.1. The molecule has 1 aromatic heterocycles. The number of aryl methyl sites for hydroxylation is 1. The van der Waals surface area contributed by atoms with Crippen molar-refractivity contribution in [1.29, 1.82) is 0 Å². The van der Waals surface area contributed by atoms with Gasteiger partial charge < -0.3 is 25.3 Å². The maximum Gasteiger partial charge on any atom is 0.251 e. The van der Waals surface area contributed by atoms with Crippen LogP contribution in [0.2, 0.25) is 5.02 Å². The van der Waals surface area contributed by atoms with E-state index >= 15 is 0 Å². The molecule has 1 aliphatic rings. The third kappa shape index (κ3) is 4.43. The summed E-state index contributed by atoms with van der Waals surface area (Å²) >= 11 is 6.07. The molecule has 0 radical (unpaired) electrons. The van der Waals surface area contributed by atoms with Gasteiger partial charge >= 0.3 is 0 Å². The van der Waals surface area contributed by atoms with E-state index in [1.165, 1.54) is 5.69 Å². The highest BCUT2D eigenvalue weighted by atomic mass is 35.5. The molecule has 1 atom stereocenters. The van der Waals surface area contributed by atoms with Gasteiger partial charge in [-0.2, -0.15) is 0 Å². The van der Waals surface area contributed by atoms with Crippen molar-refractivity contribution in [1.82, 2.24) is 20.6 Å². The fourth-order valence-electron chi connectivity index (χ4n) is 3.82. The molecule has 4 rings (SSSR count). The Hall–Kier alpha value is -2.61. The first-order valence-corrected chi connectivity index (χ1v) is 10.4. The lowest BCUT2D eigenvalue weighted by Gasteiger charge is -2.30. The summed E-state index contributed by atoms with van der Waals surface area (Å²) in [5, 5.41) is 7.03. The summed E-state index contributed by atoms with van der Waals surface area (Å²) in [5.74, 6) is 0.474. The van der Waals surface area contributed by atoms with Gasteiger partial charge in [0.15, 0.2) is 0 Å². The van der Waals surface area contributed by atoms with E-state index in [1.54, 1.807) is 13.2 Å². The van der Waals surface area contributed by atoms with Crippen molar-refractivity contribution < 1.29 is 9.53 Å². The summed E-state index contributed by atoms with van der Waals surface area (Å²) in [6.45, 7) is 6.24. The SMILES string of the molecule is COCC(NC(=O)c1ccc(N2CCNCC2)c(C)c1)c1nc2ccc(Cl)cc2[nH]1. The number of hydrogen-bond donors (Lipinski definition) is 3. The molecule has 1 aliphatic heterocycles. The van der Waals surface area contributed by atoms with Crippen LogP contribution in [0.1, 0.15) is 27.8 Å². The van der Waals surface area contributed by atoms with Crippen LogP contribution in [-0.4, -0.2) is 55.8 Å². The third-order valence-corrected chi connectivity index (χ3v) is 5.58. The zero-order chi connectivity index (χ0) is 21.1. The molecule has 2 aromatic carbocycles. The number of amides is 1. The Bertz CT molecular complexity index is 1050. The molecule has 7 nitrogen and oxygen atoms in total. The van der Waals surface area contributed by atoms with Gasteiger partial charge in [-0.15, -0.1) is 0 Å². The van der Waals surface area contributed by atoms with E-state index in [-0.39, 0.29) is 5.91 Å². The summed E-state index contributed by atoms with van der Waals surface area (Å²) in [7, 11) is 1.60. The second-order valence-corrected chi connectivity index (χ2v) is 7.94. The van der Waals surface area contributed by atoms with Crippen molar-refractivity contribution in [2.24, 2.45) is 0 Å². The van der Waals surface area contributed by atoms with Crippen molar-refractivity contribution in [3.8, 4) is 0 Å². The quantitative estimate of drug-likeness (QED) is 0.563. The van der Waals surface area contributed by atoms with Gasteiger partial charge in [-0.3, -0.25) is 4.79 Å². The second-order valence-electron chi connectivity index (χ2n) is 7.50. The zero-order valence-corrected chi connectivity index (χ0v) is 17.9. The molecule has 1 saturated heterocycles. The van der Waals surface area contributed by atoms with Crippen LogP contribution in [0, 0.1) is 6.92 Å². The lowest BCUT2D eigenvalue weighted by Crippen LogP contribution is -2.43. The number of piperazine rings is 1. The van der Waals surface area contributed by atoms with E-state index in [4.69, 9.17) is 16.3 Å². The summed E-state index contributed by atoms with van der Waals surface area (Å²) in [6.07, 6.45) is 0. The smallest absolute Gasteiger partial charge is 0.251 e. The maximum absolute atomic E-state index is 13.0. The summed E-state index contributed by atoms with van der Waals surface area (Å²) in [6, 6.07) is 10.9. The van der Waals surface area contributed by atoms with E-state index in [0.29, 0.717) is 23.0 Å². The lowest BCUT2D eigenvalue weighted by molar-refractivity contribution is 0.0892. The van der Waals surface area contributed by atoms with Crippen LogP contribution in [0.4, 0.5) is 5.69 Å². The summed E-state index contributed by atoms with van der Waals surface area (Å²) in [4.78, 5) is 23.1. The van der Waals surface area contributed by atoms with Crippen molar-refractivity contribution >= 4 is 34.2 Å².